The molecule has 0 radical (unpaired) electrons. The minimum absolute atomic E-state index is 0. The number of amides is 1. The van der Waals surface area contributed by atoms with Crippen LogP contribution in [-0.4, -0.2) is 50.4 Å². The van der Waals surface area contributed by atoms with E-state index in [0.29, 0.717) is 44.8 Å². The maximum absolute atomic E-state index is 12.8. The van der Waals surface area contributed by atoms with Crippen LogP contribution in [0.15, 0.2) is 29.2 Å². The van der Waals surface area contributed by atoms with E-state index in [2.05, 4.69) is 5.32 Å². The first-order chi connectivity index (χ1) is 12.2. The third-order valence-electron chi connectivity index (χ3n) is 4.57. The fourth-order valence-corrected chi connectivity index (χ4v) is 4.34. The predicted molar refractivity (Wildman–Crippen MR) is 108 cm³/mol. The molecule has 0 bridgehead atoms. The summed E-state index contributed by atoms with van der Waals surface area (Å²) in [6, 6.07) is 6.43. The quantitative estimate of drug-likeness (QED) is 0.701. The summed E-state index contributed by atoms with van der Waals surface area (Å²) >= 11 is 0. The topological polar surface area (TPSA) is 102 Å². The number of ether oxygens (including phenoxy) is 1. The first-order valence-electron chi connectivity index (χ1n) is 8.94. The lowest BCUT2D eigenvalue weighted by atomic mass is 9.95. The highest BCUT2D eigenvalue weighted by Crippen LogP contribution is 2.25. The van der Waals surface area contributed by atoms with Gasteiger partial charge in [-0.2, -0.15) is 4.31 Å². The van der Waals surface area contributed by atoms with E-state index >= 15 is 0 Å². The third-order valence-corrected chi connectivity index (χ3v) is 6.48. The Hall–Kier alpha value is -1.35. The molecule has 0 unspecified atom stereocenters. The molecule has 1 saturated heterocycles. The predicted octanol–water partition coefficient (Wildman–Crippen LogP) is 1.76. The molecular formula is C18H30ClN3O4S. The highest BCUT2D eigenvalue weighted by Gasteiger charge is 2.33. The molecule has 0 aliphatic carbocycles. The number of nitrogens with zero attached hydrogens (tertiary/aromatic N) is 1. The fraction of sp³-hybridized carbons (Fsp3) is 0.611. The summed E-state index contributed by atoms with van der Waals surface area (Å²) in [5.41, 5.74) is 5.19. The molecule has 1 amide bonds. The van der Waals surface area contributed by atoms with Gasteiger partial charge in [0.1, 0.15) is 5.75 Å². The summed E-state index contributed by atoms with van der Waals surface area (Å²) in [5.74, 6) is 0.399. The molecule has 0 aromatic heterocycles. The van der Waals surface area contributed by atoms with Crippen LogP contribution in [0.3, 0.4) is 0 Å². The van der Waals surface area contributed by atoms with E-state index < -0.39 is 15.6 Å². The number of rotatable bonds is 7. The minimum atomic E-state index is -3.56. The molecule has 0 atom stereocenters. The van der Waals surface area contributed by atoms with Gasteiger partial charge in [-0.05, 0) is 57.9 Å². The Morgan fingerprint density at radius 3 is 2.30 bits per heavy atom. The largest absolute Gasteiger partial charge is 0.494 e. The second-order valence-corrected chi connectivity index (χ2v) is 9.10. The van der Waals surface area contributed by atoms with E-state index in [0.717, 1.165) is 0 Å². The summed E-state index contributed by atoms with van der Waals surface area (Å²) in [7, 11) is -3.56. The van der Waals surface area contributed by atoms with Crippen LogP contribution in [-0.2, 0) is 14.8 Å². The third kappa shape index (κ3) is 6.07. The molecule has 1 aliphatic heterocycles. The molecule has 3 N–H and O–H groups in total. The molecule has 2 rings (SSSR count). The maximum Gasteiger partial charge on any atom is 0.243 e. The Kier molecular flexibility index (Phi) is 8.53. The van der Waals surface area contributed by atoms with Crippen LogP contribution in [0.1, 0.15) is 33.6 Å². The molecule has 0 saturated carbocycles. The molecule has 7 nitrogen and oxygen atoms in total. The van der Waals surface area contributed by atoms with Crippen molar-refractivity contribution in [2.75, 3.05) is 26.2 Å². The SMILES string of the molecule is CCOc1ccc(S(=O)(=O)N2CCC(C(=O)NC(C)(C)CN)CC2)cc1.Cl. The van der Waals surface area contributed by atoms with E-state index in [1.54, 1.807) is 24.3 Å². The lowest BCUT2D eigenvalue weighted by Gasteiger charge is -2.33. The summed E-state index contributed by atoms with van der Waals surface area (Å²) in [6.45, 7) is 7.16. The van der Waals surface area contributed by atoms with Gasteiger partial charge in [0.05, 0.1) is 11.5 Å². The molecule has 0 spiro atoms. The van der Waals surface area contributed by atoms with Gasteiger partial charge in [0, 0.05) is 31.1 Å². The lowest BCUT2D eigenvalue weighted by molar-refractivity contribution is -0.127. The standard InChI is InChI=1S/C18H29N3O4S.ClH/c1-4-25-15-5-7-16(8-6-15)26(23,24)21-11-9-14(10-12-21)17(22)20-18(2,3)13-19;/h5-8,14H,4,9-13,19H2,1-3H3,(H,20,22);1H. The van der Waals surface area contributed by atoms with Crippen molar-refractivity contribution in [2.45, 2.75) is 44.0 Å². The van der Waals surface area contributed by atoms with Crippen molar-refractivity contribution >= 4 is 28.3 Å². The Morgan fingerprint density at radius 2 is 1.81 bits per heavy atom. The number of carbonyl (C=O) groups excluding carboxylic acids is 1. The van der Waals surface area contributed by atoms with Crippen LogP contribution < -0.4 is 15.8 Å². The molecule has 27 heavy (non-hydrogen) atoms. The molecule has 1 fully saturated rings. The normalized spacial score (nSPS) is 16.4. The van der Waals surface area contributed by atoms with Gasteiger partial charge in [-0.3, -0.25) is 4.79 Å². The van der Waals surface area contributed by atoms with Crippen LogP contribution >= 0.6 is 12.4 Å². The number of halogens is 1. The van der Waals surface area contributed by atoms with Gasteiger partial charge in [0.15, 0.2) is 0 Å². The van der Waals surface area contributed by atoms with E-state index in [-0.39, 0.29) is 29.1 Å². The smallest absolute Gasteiger partial charge is 0.243 e. The zero-order valence-electron chi connectivity index (χ0n) is 16.1. The van der Waals surface area contributed by atoms with Crippen molar-refractivity contribution < 1.29 is 17.9 Å². The van der Waals surface area contributed by atoms with E-state index in [4.69, 9.17) is 10.5 Å². The van der Waals surface area contributed by atoms with Gasteiger partial charge in [0.2, 0.25) is 15.9 Å². The average Bonchev–Trinajstić information content (AvgIpc) is 2.62. The molecule has 1 heterocycles. The van der Waals surface area contributed by atoms with Gasteiger partial charge >= 0.3 is 0 Å². The van der Waals surface area contributed by atoms with E-state index in [9.17, 15) is 13.2 Å². The number of nitrogens with two attached hydrogens (primary N) is 1. The molecule has 154 valence electrons. The summed E-state index contributed by atoms with van der Waals surface area (Å²) in [6.07, 6.45) is 1.01. The fourth-order valence-electron chi connectivity index (χ4n) is 2.87. The number of hydrogen-bond acceptors (Lipinski definition) is 5. The van der Waals surface area contributed by atoms with E-state index in [1.165, 1.54) is 4.31 Å². The highest BCUT2D eigenvalue weighted by molar-refractivity contribution is 7.89. The van der Waals surface area contributed by atoms with Crippen molar-refractivity contribution in [1.82, 2.24) is 9.62 Å². The lowest BCUT2D eigenvalue weighted by Crippen LogP contribution is -2.52. The molecule has 1 aromatic rings. The summed E-state index contributed by atoms with van der Waals surface area (Å²) in [4.78, 5) is 12.6. The van der Waals surface area contributed by atoms with Crippen molar-refractivity contribution in [3.8, 4) is 5.75 Å². The average molecular weight is 420 g/mol. The van der Waals surface area contributed by atoms with Crippen LogP contribution in [0.4, 0.5) is 0 Å². The second kappa shape index (κ2) is 9.73. The highest BCUT2D eigenvalue weighted by atomic mass is 35.5. The number of carbonyl (C=O) groups is 1. The number of benzene rings is 1. The van der Waals surface area contributed by atoms with Crippen LogP contribution in [0.5, 0.6) is 5.75 Å². The van der Waals surface area contributed by atoms with Crippen LogP contribution in [0.25, 0.3) is 0 Å². The Balaban J connectivity index is 0.00000364. The summed E-state index contributed by atoms with van der Waals surface area (Å²) < 4.78 is 32.3. The van der Waals surface area contributed by atoms with Crippen molar-refractivity contribution in [2.24, 2.45) is 11.7 Å². The van der Waals surface area contributed by atoms with Crippen molar-refractivity contribution in [1.29, 1.82) is 0 Å². The van der Waals surface area contributed by atoms with Crippen molar-refractivity contribution in [3.05, 3.63) is 24.3 Å². The number of sulfonamides is 1. The monoisotopic (exact) mass is 419 g/mol. The number of piperidine rings is 1. The van der Waals surface area contributed by atoms with Gasteiger partial charge in [-0.25, -0.2) is 8.42 Å². The van der Waals surface area contributed by atoms with Gasteiger partial charge < -0.3 is 15.8 Å². The Bertz CT molecular complexity index is 715. The van der Waals surface area contributed by atoms with Crippen molar-refractivity contribution in [3.63, 3.8) is 0 Å². The second-order valence-electron chi connectivity index (χ2n) is 7.16. The van der Waals surface area contributed by atoms with Gasteiger partial charge in [-0.1, -0.05) is 0 Å². The minimum Gasteiger partial charge on any atom is -0.494 e. The number of nitrogens with one attached hydrogen (secondary N) is 1. The van der Waals surface area contributed by atoms with Gasteiger partial charge in [0.25, 0.3) is 0 Å². The molecule has 1 aliphatic rings. The van der Waals surface area contributed by atoms with Crippen LogP contribution in [0, 0.1) is 5.92 Å². The van der Waals surface area contributed by atoms with Gasteiger partial charge in [-0.15, -0.1) is 12.4 Å². The Labute approximate surface area is 168 Å². The summed E-state index contributed by atoms with van der Waals surface area (Å²) in [5, 5.41) is 2.93. The zero-order valence-corrected chi connectivity index (χ0v) is 17.7. The molecular weight excluding hydrogens is 390 g/mol. The van der Waals surface area contributed by atoms with Crippen LogP contribution in [0.2, 0.25) is 0 Å². The first kappa shape index (κ1) is 23.7. The molecule has 1 aromatic carbocycles. The molecule has 9 heteroatoms. The first-order valence-corrected chi connectivity index (χ1v) is 10.4. The zero-order chi connectivity index (χ0) is 19.4. The number of hydrogen-bond donors (Lipinski definition) is 2. The Morgan fingerprint density at radius 1 is 1.26 bits per heavy atom. The maximum atomic E-state index is 12.8. The van der Waals surface area contributed by atoms with E-state index in [1.807, 2.05) is 20.8 Å².